The van der Waals surface area contributed by atoms with Crippen LogP contribution in [0.25, 0.3) is 45.9 Å². The molecule has 0 aromatic heterocycles. The molecule has 0 aliphatic carbocycles. The van der Waals surface area contributed by atoms with Crippen molar-refractivity contribution in [1.82, 2.24) is 0 Å². The molecule has 64 heavy (non-hydrogen) atoms. The summed E-state index contributed by atoms with van der Waals surface area (Å²) in [4.78, 5) is 0. The zero-order chi connectivity index (χ0) is 46.8. The summed E-state index contributed by atoms with van der Waals surface area (Å²) in [6.07, 6.45) is 3.32. The predicted octanol–water partition coefficient (Wildman–Crippen LogP) is 11.5. The molecule has 4 N–H and O–H groups in total. The zero-order valence-corrected chi connectivity index (χ0v) is 38.3. The number of aliphatic hydroxyl groups is 2. The molecule has 6 aromatic carbocycles. The van der Waals surface area contributed by atoms with E-state index >= 15 is 0 Å². The van der Waals surface area contributed by atoms with Gasteiger partial charge in [0.1, 0.15) is 46.0 Å². The van der Waals surface area contributed by atoms with Gasteiger partial charge in [0, 0.05) is 45.5 Å². The summed E-state index contributed by atoms with van der Waals surface area (Å²) >= 11 is 0. The molecule has 0 saturated carbocycles. The lowest BCUT2D eigenvalue weighted by atomic mass is 9.89. The Morgan fingerprint density at radius 2 is 0.688 bits per heavy atom. The lowest BCUT2D eigenvalue weighted by Gasteiger charge is -2.21. The van der Waals surface area contributed by atoms with E-state index in [9.17, 15) is 20.4 Å². The fraction of sp³-hybridized carbons (Fsp3) is 0.231. The van der Waals surface area contributed by atoms with Gasteiger partial charge in [-0.3, -0.25) is 0 Å². The second-order valence-corrected chi connectivity index (χ2v) is 14.6. The minimum Gasteiger partial charge on any atom is -0.507 e. The molecule has 0 aliphatic rings. The van der Waals surface area contributed by atoms with Gasteiger partial charge >= 0.3 is 0 Å². The van der Waals surface area contributed by atoms with E-state index in [2.05, 4.69) is 0 Å². The molecule has 0 spiro atoms. The van der Waals surface area contributed by atoms with Crippen LogP contribution in [-0.4, -0.2) is 77.3 Å². The summed E-state index contributed by atoms with van der Waals surface area (Å²) in [6, 6.07) is 25.2. The Morgan fingerprint density at radius 1 is 0.375 bits per heavy atom. The first kappa shape index (κ1) is 47.4. The second kappa shape index (κ2) is 21.0. The van der Waals surface area contributed by atoms with Gasteiger partial charge in [-0.2, -0.15) is 0 Å². The molecule has 0 radical (unpaired) electrons. The molecule has 336 valence electrons. The Kier molecular flexibility index (Phi) is 15.6. The number of aliphatic hydroxyl groups excluding tert-OH is 2. The smallest absolute Gasteiger partial charge is 0.161 e. The quantitative estimate of drug-likeness (QED) is 0.0608. The van der Waals surface area contributed by atoms with E-state index in [1.54, 1.807) is 105 Å². The highest BCUT2D eigenvalue weighted by molar-refractivity contribution is 5.93. The molecule has 0 heterocycles. The maximum Gasteiger partial charge on any atom is 0.161 e. The van der Waals surface area contributed by atoms with Crippen molar-refractivity contribution in [2.45, 2.75) is 27.7 Å². The number of rotatable bonds is 14. The standard InChI is InChI=1S/2C26H28O6/c2*1-15-11-23(32-6)26(28)16(2)24(15)25-20(13-19(30-4)14-22(25)31-5)21(27)12-17-7-9-18(29-3)10-8-17/h2*7-14,27-28H,1-6H3/b2*21-12-. The number of phenols is 2. The molecular formula is C52H56O12. The maximum atomic E-state index is 11.2. The third-order valence-electron chi connectivity index (χ3n) is 10.8. The van der Waals surface area contributed by atoms with Crippen LogP contribution in [0.3, 0.4) is 0 Å². The van der Waals surface area contributed by atoms with E-state index in [0.29, 0.717) is 67.9 Å². The van der Waals surface area contributed by atoms with Gasteiger partial charge in [0.05, 0.1) is 56.9 Å². The van der Waals surface area contributed by atoms with Crippen LogP contribution in [0.15, 0.2) is 84.9 Å². The van der Waals surface area contributed by atoms with Crippen molar-refractivity contribution in [3.05, 3.63) is 129 Å². The predicted molar refractivity (Wildman–Crippen MR) is 252 cm³/mol. The summed E-state index contributed by atoms with van der Waals surface area (Å²) in [5, 5.41) is 43.7. The first-order valence-electron chi connectivity index (χ1n) is 20.1. The van der Waals surface area contributed by atoms with Crippen molar-refractivity contribution < 1.29 is 58.3 Å². The average molecular weight is 873 g/mol. The maximum absolute atomic E-state index is 11.2. The molecule has 0 amide bonds. The third kappa shape index (κ3) is 10.0. The number of hydrogen-bond donors (Lipinski definition) is 4. The minimum absolute atomic E-state index is 0.0245. The third-order valence-corrected chi connectivity index (χ3v) is 10.8. The normalized spacial score (nSPS) is 11.2. The molecule has 12 heteroatoms. The molecule has 6 rings (SSSR count). The lowest BCUT2D eigenvalue weighted by Crippen LogP contribution is -2.01. The molecule has 0 unspecified atom stereocenters. The Balaban J connectivity index is 0.000000241. The van der Waals surface area contributed by atoms with Gasteiger partial charge in [0.2, 0.25) is 0 Å². The van der Waals surface area contributed by atoms with E-state index in [4.69, 9.17) is 37.9 Å². The van der Waals surface area contributed by atoms with Crippen molar-refractivity contribution in [3.8, 4) is 79.7 Å². The number of aromatic hydroxyl groups is 2. The largest absolute Gasteiger partial charge is 0.507 e. The number of phenolic OH excluding ortho intramolecular Hbond substituents is 2. The monoisotopic (exact) mass is 872 g/mol. The van der Waals surface area contributed by atoms with Gasteiger partial charge in [-0.05, 0) is 122 Å². The van der Waals surface area contributed by atoms with Crippen LogP contribution in [-0.2, 0) is 0 Å². The number of aryl methyl sites for hydroxylation is 2. The second-order valence-electron chi connectivity index (χ2n) is 14.6. The molecule has 6 aromatic rings. The molecule has 0 atom stereocenters. The fourth-order valence-electron chi connectivity index (χ4n) is 7.48. The molecule has 0 fully saturated rings. The summed E-state index contributed by atoms with van der Waals surface area (Å²) in [7, 11) is 12.4. The molecule has 0 bridgehead atoms. The minimum atomic E-state index is 0.0245. The van der Waals surface area contributed by atoms with Crippen molar-refractivity contribution >= 4 is 23.7 Å². The molecule has 0 saturated heterocycles. The number of hydrogen-bond acceptors (Lipinski definition) is 12. The van der Waals surface area contributed by atoms with Crippen LogP contribution in [0.1, 0.15) is 44.5 Å². The van der Waals surface area contributed by atoms with Crippen LogP contribution >= 0.6 is 0 Å². The molecular weight excluding hydrogens is 817 g/mol. The summed E-state index contributed by atoms with van der Waals surface area (Å²) < 4.78 is 43.2. The Bertz CT molecular complexity index is 2480. The highest BCUT2D eigenvalue weighted by Crippen LogP contribution is 2.48. The first-order valence-corrected chi connectivity index (χ1v) is 20.1. The Hall–Kier alpha value is -7.60. The van der Waals surface area contributed by atoms with Gasteiger partial charge in [0.15, 0.2) is 23.0 Å². The van der Waals surface area contributed by atoms with Crippen LogP contribution in [0.5, 0.6) is 57.5 Å². The van der Waals surface area contributed by atoms with Gasteiger partial charge in [-0.15, -0.1) is 0 Å². The first-order chi connectivity index (χ1) is 30.7. The Morgan fingerprint density at radius 3 is 0.969 bits per heavy atom. The van der Waals surface area contributed by atoms with Crippen molar-refractivity contribution in [3.63, 3.8) is 0 Å². The average Bonchev–Trinajstić information content (AvgIpc) is 3.31. The number of ether oxygens (including phenoxy) is 8. The van der Waals surface area contributed by atoms with Crippen LogP contribution in [0.2, 0.25) is 0 Å². The van der Waals surface area contributed by atoms with Crippen molar-refractivity contribution in [1.29, 1.82) is 0 Å². The van der Waals surface area contributed by atoms with Crippen LogP contribution < -0.4 is 37.9 Å². The van der Waals surface area contributed by atoms with E-state index < -0.39 is 0 Å². The van der Waals surface area contributed by atoms with E-state index in [1.165, 1.54) is 14.2 Å². The highest BCUT2D eigenvalue weighted by atomic mass is 16.5. The SMILES string of the molecule is COc1ccc(/C=C(\O)c2cc(OC)cc(OC)c2-c2c(C)cc(OC)c(O)c2C)cc1.COc1ccc(/C=C(\O)c2cc(OC)cc(OC)c2-c2c(C)cc(OC)c(O)c2C)cc1. The highest BCUT2D eigenvalue weighted by Gasteiger charge is 2.25. The fourth-order valence-corrected chi connectivity index (χ4v) is 7.48. The topological polar surface area (TPSA) is 155 Å². The summed E-state index contributed by atoms with van der Waals surface area (Å²) in [5.41, 5.74) is 8.32. The van der Waals surface area contributed by atoms with Gasteiger partial charge < -0.3 is 58.3 Å². The number of benzene rings is 6. The van der Waals surface area contributed by atoms with E-state index in [1.807, 2.05) is 62.4 Å². The zero-order valence-electron chi connectivity index (χ0n) is 38.3. The van der Waals surface area contributed by atoms with Gasteiger partial charge in [-0.1, -0.05) is 24.3 Å². The molecule has 0 aliphatic heterocycles. The molecule has 12 nitrogen and oxygen atoms in total. The van der Waals surface area contributed by atoms with Gasteiger partial charge in [-0.25, -0.2) is 0 Å². The van der Waals surface area contributed by atoms with Crippen LogP contribution in [0, 0.1) is 27.7 Å². The van der Waals surface area contributed by atoms with Crippen molar-refractivity contribution in [2.24, 2.45) is 0 Å². The van der Waals surface area contributed by atoms with E-state index in [-0.39, 0.29) is 23.0 Å². The summed E-state index contributed by atoms with van der Waals surface area (Å²) in [5.74, 6) is 4.42. The van der Waals surface area contributed by atoms with Gasteiger partial charge in [0.25, 0.3) is 0 Å². The number of methoxy groups -OCH3 is 8. The summed E-state index contributed by atoms with van der Waals surface area (Å²) in [6.45, 7) is 7.44. The van der Waals surface area contributed by atoms with Crippen molar-refractivity contribution in [2.75, 3.05) is 56.9 Å². The lowest BCUT2D eigenvalue weighted by molar-refractivity contribution is 0.371. The Labute approximate surface area is 374 Å². The van der Waals surface area contributed by atoms with Crippen LogP contribution in [0.4, 0.5) is 0 Å². The van der Waals surface area contributed by atoms with E-state index in [0.717, 1.165) is 44.9 Å².